The fourth-order valence-corrected chi connectivity index (χ4v) is 1.76. The number of aromatic nitrogens is 1. The van der Waals surface area contributed by atoms with E-state index in [1.165, 1.54) is 6.92 Å². The molecule has 21 heavy (non-hydrogen) atoms. The molecule has 0 N–H and O–H groups in total. The van der Waals surface area contributed by atoms with Gasteiger partial charge < -0.3 is 9.47 Å². The third-order valence-corrected chi connectivity index (χ3v) is 2.49. The van der Waals surface area contributed by atoms with E-state index in [0.717, 1.165) is 0 Å². The average molecular weight is 334 g/mol. The third kappa shape index (κ3) is 4.42. The van der Waals surface area contributed by atoms with Crippen LogP contribution in [0, 0.1) is 0 Å². The normalized spacial score (nSPS) is 11.6. The maximum absolute atomic E-state index is 12.8. The molecule has 1 heterocycles. The number of ether oxygens (including phenoxy) is 2. The van der Waals surface area contributed by atoms with Gasteiger partial charge in [-0.25, -0.2) is 13.6 Å². The van der Waals surface area contributed by atoms with Crippen LogP contribution < -0.4 is 4.74 Å². The largest absolute Gasteiger partial charge is 0.573 e. The molecular formula is C11H9ClF5NO3. The van der Waals surface area contributed by atoms with Crippen LogP contribution in [0.4, 0.5) is 22.0 Å². The van der Waals surface area contributed by atoms with Crippen LogP contribution in [-0.2, 0) is 10.6 Å². The van der Waals surface area contributed by atoms with Crippen LogP contribution in [0.1, 0.15) is 35.0 Å². The van der Waals surface area contributed by atoms with Gasteiger partial charge in [-0.1, -0.05) is 0 Å². The summed E-state index contributed by atoms with van der Waals surface area (Å²) in [7, 11) is 0. The highest BCUT2D eigenvalue weighted by atomic mass is 35.5. The Labute approximate surface area is 120 Å². The van der Waals surface area contributed by atoms with Crippen molar-refractivity contribution in [3.8, 4) is 5.75 Å². The Kier molecular flexibility index (Phi) is 5.70. The van der Waals surface area contributed by atoms with Gasteiger partial charge in [0.25, 0.3) is 6.43 Å². The molecule has 0 aromatic carbocycles. The fourth-order valence-electron chi connectivity index (χ4n) is 1.49. The molecule has 0 unspecified atom stereocenters. The Morgan fingerprint density at radius 3 is 2.48 bits per heavy atom. The number of carbonyl (C=O) groups excluding carboxylic acids is 1. The van der Waals surface area contributed by atoms with Crippen molar-refractivity contribution in [2.75, 3.05) is 6.61 Å². The quantitative estimate of drug-likeness (QED) is 0.467. The molecule has 1 rings (SSSR count). The molecule has 0 bridgehead atoms. The van der Waals surface area contributed by atoms with E-state index in [1.807, 2.05) is 0 Å². The standard InChI is InChI=1S/C11H9ClF5NO3/c1-2-20-10(19)7-5(3-12)6(21-11(15,16)17)4-18-8(7)9(13)14/h4,9H,2-3H2,1H3. The SMILES string of the molecule is CCOC(=O)c1c(C(F)F)ncc(OC(F)(F)F)c1CCl. The van der Waals surface area contributed by atoms with Crippen molar-refractivity contribution in [2.24, 2.45) is 0 Å². The van der Waals surface area contributed by atoms with Gasteiger partial charge in [0.05, 0.1) is 24.2 Å². The molecule has 118 valence electrons. The smallest absolute Gasteiger partial charge is 0.462 e. The van der Waals surface area contributed by atoms with Gasteiger partial charge in [-0.15, -0.1) is 24.8 Å². The van der Waals surface area contributed by atoms with Gasteiger partial charge in [0.1, 0.15) is 5.69 Å². The zero-order valence-corrected chi connectivity index (χ0v) is 11.3. The maximum Gasteiger partial charge on any atom is 0.573 e. The number of esters is 1. The molecule has 1 aromatic rings. The molecule has 0 aliphatic carbocycles. The summed E-state index contributed by atoms with van der Waals surface area (Å²) in [5.41, 5.74) is -2.39. The van der Waals surface area contributed by atoms with Crippen LogP contribution in [-0.4, -0.2) is 23.9 Å². The summed E-state index contributed by atoms with van der Waals surface area (Å²) < 4.78 is 70.6. The summed E-state index contributed by atoms with van der Waals surface area (Å²) in [5, 5.41) is 0. The van der Waals surface area contributed by atoms with E-state index in [0.29, 0.717) is 6.20 Å². The van der Waals surface area contributed by atoms with Crippen molar-refractivity contribution in [1.29, 1.82) is 0 Å². The number of rotatable bonds is 5. The first kappa shape index (κ1) is 17.4. The van der Waals surface area contributed by atoms with Gasteiger partial charge in [0.15, 0.2) is 5.75 Å². The highest BCUT2D eigenvalue weighted by Gasteiger charge is 2.35. The Balaban J connectivity index is 3.45. The van der Waals surface area contributed by atoms with Crippen molar-refractivity contribution in [1.82, 2.24) is 4.98 Å². The molecule has 0 spiro atoms. The van der Waals surface area contributed by atoms with Gasteiger partial charge >= 0.3 is 12.3 Å². The molecule has 0 amide bonds. The van der Waals surface area contributed by atoms with Crippen molar-refractivity contribution in [2.45, 2.75) is 25.6 Å². The van der Waals surface area contributed by atoms with E-state index in [2.05, 4.69) is 14.5 Å². The first-order chi connectivity index (χ1) is 9.71. The molecule has 0 saturated heterocycles. The predicted octanol–water partition coefficient (Wildman–Crippen LogP) is 3.83. The molecule has 0 saturated carbocycles. The summed E-state index contributed by atoms with van der Waals surface area (Å²) in [5.74, 6) is -2.84. The Morgan fingerprint density at radius 2 is 2.05 bits per heavy atom. The van der Waals surface area contributed by atoms with E-state index < -0.39 is 47.2 Å². The number of hydrogen-bond donors (Lipinski definition) is 0. The van der Waals surface area contributed by atoms with Gasteiger partial charge in [0, 0.05) is 5.56 Å². The Hall–Kier alpha value is -1.64. The van der Waals surface area contributed by atoms with Crippen molar-refractivity contribution in [3.63, 3.8) is 0 Å². The first-order valence-corrected chi connectivity index (χ1v) is 6.03. The molecule has 4 nitrogen and oxygen atoms in total. The average Bonchev–Trinajstić information content (AvgIpc) is 2.36. The number of hydrogen-bond acceptors (Lipinski definition) is 4. The van der Waals surface area contributed by atoms with E-state index in [-0.39, 0.29) is 6.61 Å². The van der Waals surface area contributed by atoms with Gasteiger partial charge in [-0.05, 0) is 6.92 Å². The monoisotopic (exact) mass is 333 g/mol. The molecule has 0 radical (unpaired) electrons. The minimum atomic E-state index is -5.08. The number of carbonyl (C=O) groups is 1. The van der Waals surface area contributed by atoms with Crippen molar-refractivity contribution >= 4 is 17.6 Å². The second kappa shape index (κ2) is 6.88. The minimum Gasteiger partial charge on any atom is -0.462 e. The van der Waals surface area contributed by atoms with Crippen LogP contribution in [0.25, 0.3) is 0 Å². The second-order valence-corrected chi connectivity index (χ2v) is 3.83. The Bertz CT molecular complexity index is 521. The summed E-state index contributed by atoms with van der Waals surface area (Å²) in [6, 6.07) is 0. The van der Waals surface area contributed by atoms with E-state index >= 15 is 0 Å². The summed E-state index contributed by atoms with van der Waals surface area (Å²) in [6.45, 7) is 1.25. The molecule has 1 aromatic heterocycles. The van der Waals surface area contributed by atoms with Crippen LogP contribution >= 0.6 is 11.6 Å². The third-order valence-electron chi connectivity index (χ3n) is 2.22. The van der Waals surface area contributed by atoms with Crippen molar-refractivity contribution < 1.29 is 36.2 Å². The van der Waals surface area contributed by atoms with E-state index in [1.54, 1.807) is 0 Å². The topological polar surface area (TPSA) is 48.4 Å². The molecule has 0 aliphatic rings. The van der Waals surface area contributed by atoms with Gasteiger partial charge in [-0.3, -0.25) is 4.98 Å². The molecule has 0 fully saturated rings. The summed E-state index contributed by atoms with van der Waals surface area (Å²) in [6.07, 6.45) is -7.83. The lowest BCUT2D eigenvalue weighted by Gasteiger charge is -2.16. The van der Waals surface area contributed by atoms with E-state index in [9.17, 15) is 26.7 Å². The molecule has 0 aliphatic heterocycles. The molecular weight excluding hydrogens is 325 g/mol. The summed E-state index contributed by atoms with van der Waals surface area (Å²) >= 11 is 5.46. The predicted molar refractivity (Wildman–Crippen MR) is 61.4 cm³/mol. The molecule has 10 heteroatoms. The maximum atomic E-state index is 12.8. The lowest BCUT2D eigenvalue weighted by atomic mass is 10.1. The van der Waals surface area contributed by atoms with Crippen LogP contribution in [0.2, 0.25) is 0 Å². The number of pyridine rings is 1. The van der Waals surface area contributed by atoms with Crippen LogP contribution in [0.3, 0.4) is 0 Å². The number of halogens is 6. The number of alkyl halides is 6. The van der Waals surface area contributed by atoms with Gasteiger partial charge in [0.2, 0.25) is 0 Å². The highest BCUT2D eigenvalue weighted by molar-refractivity contribution is 6.18. The Morgan fingerprint density at radius 1 is 1.43 bits per heavy atom. The van der Waals surface area contributed by atoms with Crippen LogP contribution in [0.15, 0.2) is 6.20 Å². The zero-order valence-electron chi connectivity index (χ0n) is 10.5. The van der Waals surface area contributed by atoms with Gasteiger partial charge in [-0.2, -0.15) is 0 Å². The van der Waals surface area contributed by atoms with Crippen molar-refractivity contribution in [3.05, 3.63) is 23.0 Å². The lowest BCUT2D eigenvalue weighted by molar-refractivity contribution is -0.275. The summed E-state index contributed by atoms with van der Waals surface area (Å²) in [4.78, 5) is 14.8. The first-order valence-electron chi connectivity index (χ1n) is 5.50. The lowest BCUT2D eigenvalue weighted by Crippen LogP contribution is -2.21. The number of nitrogens with zero attached hydrogens (tertiary/aromatic N) is 1. The molecule has 0 atom stereocenters. The van der Waals surface area contributed by atoms with E-state index in [4.69, 9.17) is 11.6 Å². The fraction of sp³-hybridized carbons (Fsp3) is 0.455. The second-order valence-electron chi connectivity index (χ2n) is 3.56. The zero-order chi connectivity index (χ0) is 16.2. The minimum absolute atomic E-state index is 0.159. The van der Waals surface area contributed by atoms with Crippen LogP contribution in [0.5, 0.6) is 5.75 Å². The highest BCUT2D eigenvalue weighted by Crippen LogP contribution is 2.34.